The third-order valence-corrected chi connectivity index (χ3v) is 4.70. The third-order valence-electron chi connectivity index (χ3n) is 4.70. The molecule has 0 unspecified atom stereocenters. The van der Waals surface area contributed by atoms with Crippen LogP contribution < -0.4 is 15.4 Å². The molecule has 2 N–H and O–H groups in total. The normalized spacial score (nSPS) is 10.8. The first-order valence-corrected chi connectivity index (χ1v) is 10.5. The van der Waals surface area contributed by atoms with Crippen LogP contribution in [-0.2, 0) is 0 Å². The molecule has 2 aromatic carbocycles. The number of benzene rings is 2. The zero-order valence-corrected chi connectivity index (χ0v) is 17.3. The smallest absolute Gasteiger partial charge is 0.121 e. The van der Waals surface area contributed by atoms with Gasteiger partial charge in [0, 0.05) is 30.5 Å². The van der Waals surface area contributed by atoms with Crippen molar-refractivity contribution in [2.24, 2.45) is 0 Å². The first kappa shape index (κ1) is 21.1. The van der Waals surface area contributed by atoms with Crippen LogP contribution in [0.3, 0.4) is 0 Å². The SMILES string of the molecule is CCCCCCCOc1cccc(NCCNc2ccccc2C(C)C)c1. The van der Waals surface area contributed by atoms with Gasteiger partial charge in [-0.2, -0.15) is 0 Å². The molecule has 0 bridgehead atoms. The van der Waals surface area contributed by atoms with Crippen LogP contribution in [0.15, 0.2) is 48.5 Å². The van der Waals surface area contributed by atoms with Gasteiger partial charge in [0.05, 0.1) is 6.61 Å². The summed E-state index contributed by atoms with van der Waals surface area (Å²) >= 11 is 0. The molecule has 3 heteroatoms. The fraction of sp³-hybridized carbons (Fsp3) is 0.500. The predicted molar refractivity (Wildman–Crippen MR) is 118 cm³/mol. The van der Waals surface area contributed by atoms with E-state index in [9.17, 15) is 0 Å². The van der Waals surface area contributed by atoms with Crippen LogP contribution in [0.5, 0.6) is 5.75 Å². The first-order valence-electron chi connectivity index (χ1n) is 10.5. The highest BCUT2D eigenvalue weighted by Crippen LogP contribution is 2.23. The van der Waals surface area contributed by atoms with Crippen molar-refractivity contribution < 1.29 is 4.74 Å². The summed E-state index contributed by atoms with van der Waals surface area (Å²) in [6.07, 6.45) is 6.32. The molecule has 0 saturated carbocycles. The maximum absolute atomic E-state index is 5.89. The van der Waals surface area contributed by atoms with Gasteiger partial charge in [-0.3, -0.25) is 0 Å². The summed E-state index contributed by atoms with van der Waals surface area (Å²) < 4.78 is 5.89. The van der Waals surface area contributed by atoms with Gasteiger partial charge in [-0.1, -0.05) is 70.7 Å². The highest BCUT2D eigenvalue weighted by Gasteiger charge is 2.04. The van der Waals surface area contributed by atoms with Gasteiger partial charge in [-0.05, 0) is 36.1 Å². The van der Waals surface area contributed by atoms with Crippen LogP contribution in [0.25, 0.3) is 0 Å². The third kappa shape index (κ3) is 7.94. The molecular weight excluding hydrogens is 332 g/mol. The number of para-hydroxylation sites is 1. The standard InChI is InChI=1S/C24H36N2O/c1-4-5-6-7-10-18-27-22-13-11-12-21(19-22)25-16-17-26-24-15-9-8-14-23(24)20(2)3/h8-9,11-15,19-20,25-26H,4-7,10,16-18H2,1-3H3. The van der Waals surface area contributed by atoms with E-state index in [1.807, 2.05) is 6.07 Å². The second-order valence-electron chi connectivity index (χ2n) is 7.39. The fourth-order valence-electron chi connectivity index (χ4n) is 3.16. The number of hydrogen-bond donors (Lipinski definition) is 2. The lowest BCUT2D eigenvalue weighted by Crippen LogP contribution is -2.14. The van der Waals surface area contributed by atoms with Crippen LogP contribution in [0.4, 0.5) is 11.4 Å². The Kier molecular flexibility index (Phi) is 9.61. The van der Waals surface area contributed by atoms with E-state index in [1.165, 1.54) is 36.9 Å². The Labute approximate surface area is 165 Å². The van der Waals surface area contributed by atoms with Crippen molar-refractivity contribution in [1.82, 2.24) is 0 Å². The van der Waals surface area contributed by atoms with Crippen LogP contribution in [0.1, 0.15) is 64.4 Å². The molecule has 0 aromatic heterocycles. The lowest BCUT2D eigenvalue weighted by Gasteiger charge is -2.15. The van der Waals surface area contributed by atoms with Crippen LogP contribution in [-0.4, -0.2) is 19.7 Å². The molecule has 3 nitrogen and oxygen atoms in total. The maximum Gasteiger partial charge on any atom is 0.121 e. The lowest BCUT2D eigenvalue weighted by molar-refractivity contribution is 0.304. The van der Waals surface area contributed by atoms with E-state index in [4.69, 9.17) is 4.74 Å². The second-order valence-corrected chi connectivity index (χ2v) is 7.39. The Morgan fingerprint density at radius 3 is 2.44 bits per heavy atom. The van der Waals surface area contributed by atoms with E-state index < -0.39 is 0 Å². The molecule has 0 fully saturated rings. The average molecular weight is 369 g/mol. The number of ether oxygens (including phenoxy) is 1. The molecule has 0 spiro atoms. The molecule has 0 atom stereocenters. The van der Waals surface area contributed by atoms with E-state index in [0.717, 1.165) is 37.6 Å². The Morgan fingerprint density at radius 2 is 1.63 bits per heavy atom. The minimum absolute atomic E-state index is 0.525. The molecule has 0 saturated heterocycles. The summed E-state index contributed by atoms with van der Waals surface area (Å²) in [4.78, 5) is 0. The fourth-order valence-corrected chi connectivity index (χ4v) is 3.16. The van der Waals surface area contributed by atoms with Gasteiger partial charge < -0.3 is 15.4 Å². The van der Waals surface area contributed by atoms with E-state index in [0.29, 0.717) is 5.92 Å². The summed E-state index contributed by atoms with van der Waals surface area (Å²) in [5.41, 5.74) is 3.71. The van der Waals surface area contributed by atoms with Crippen molar-refractivity contribution in [1.29, 1.82) is 0 Å². The van der Waals surface area contributed by atoms with Gasteiger partial charge >= 0.3 is 0 Å². The number of nitrogens with one attached hydrogen (secondary N) is 2. The van der Waals surface area contributed by atoms with Crippen LogP contribution >= 0.6 is 0 Å². The van der Waals surface area contributed by atoms with Crippen LogP contribution in [0, 0.1) is 0 Å². The van der Waals surface area contributed by atoms with Crippen molar-refractivity contribution in [3.63, 3.8) is 0 Å². The minimum Gasteiger partial charge on any atom is -0.494 e. The molecule has 0 aliphatic heterocycles. The Morgan fingerprint density at radius 1 is 0.852 bits per heavy atom. The summed E-state index contributed by atoms with van der Waals surface area (Å²) in [7, 11) is 0. The van der Waals surface area contributed by atoms with Gasteiger partial charge in [0.1, 0.15) is 5.75 Å². The van der Waals surface area contributed by atoms with Gasteiger partial charge in [-0.15, -0.1) is 0 Å². The summed E-state index contributed by atoms with van der Waals surface area (Å²) in [5.74, 6) is 1.48. The van der Waals surface area contributed by atoms with Gasteiger partial charge in [0.25, 0.3) is 0 Å². The van der Waals surface area contributed by atoms with Crippen molar-refractivity contribution >= 4 is 11.4 Å². The quantitative estimate of drug-likeness (QED) is 0.387. The first-order chi connectivity index (χ1) is 13.2. The van der Waals surface area contributed by atoms with Crippen LogP contribution in [0.2, 0.25) is 0 Å². The molecule has 0 aliphatic carbocycles. The molecule has 0 radical (unpaired) electrons. The molecule has 2 rings (SSSR count). The molecule has 27 heavy (non-hydrogen) atoms. The van der Waals surface area contributed by atoms with E-state index >= 15 is 0 Å². The van der Waals surface area contributed by atoms with Gasteiger partial charge in [-0.25, -0.2) is 0 Å². The number of rotatable bonds is 13. The monoisotopic (exact) mass is 368 g/mol. The maximum atomic E-state index is 5.89. The van der Waals surface area contributed by atoms with Gasteiger partial charge in [0.2, 0.25) is 0 Å². The topological polar surface area (TPSA) is 33.3 Å². The van der Waals surface area contributed by atoms with E-state index in [1.54, 1.807) is 0 Å². The molecule has 2 aromatic rings. The van der Waals surface area contributed by atoms with E-state index in [2.05, 4.69) is 73.9 Å². The van der Waals surface area contributed by atoms with Crippen molar-refractivity contribution in [2.45, 2.75) is 58.8 Å². The highest BCUT2D eigenvalue weighted by molar-refractivity contribution is 5.53. The van der Waals surface area contributed by atoms with E-state index in [-0.39, 0.29) is 0 Å². The minimum atomic E-state index is 0.525. The Hall–Kier alpha value is -2.16. The largest absolute Gasteiger partial charge is 0.494 e. The lowest BCUT2D eigenvalue weighted by atomic mass is 10.0. The van der Waals surface area contributed by atoms with Crippen molar-refractivity contribution in [2.75, 3.05) is 30.3 Å². The average Bonchev–Trinajstić information content (AvgIpc) is 2.68. The number of hydrogen-bond acceptors (Lipinski definition) is 3. The van der Waals surface area contributed by atoms with Gasteiger partial charge in [0.15, 0.2) is 0 Å². The molecule has 0 amide bonds. The number of anilines is 2. The zero-order valence-electron chi connectivity index (χ0n) is 17.3. The summed E-state index contributed by atoms with van der Waals surface area (Å²) in [6.45, 7) is 9.26. The Bertz CT molecular complexity index is 654. The zero-order chi connectivity index (χ0) is 19.3. The molecule has 0 heterocycles. The van der Waals surface area contributed by atoms with Crippen molar-refractivity contribution in [3.8, 4) is 5.75 Å². The highest BCUT2D eigenvalue weighted by atomic mass is 16.5. The Balaban J connectivity index is 1.70. The molecular formula is C24H36N2O. The molecule has 0 aliphatic rings. The second kappa shape index (κ2) is 12.3. The predicted octanol–water partition coefficient (Wildman–Crippen LogP) is 6.68. The molecule has 148 valence electrons. The summed E-state index contributed by atoms with van der Waals surface area (Å²) in [6, 6.07) is 16.8. The summed E-state index contributed by atoms with van der Waals surface area (Å²) in [5, 5.41) is 7.02. The van der Waals surface area contributed by atoms with Crippen molar-refractivity contribution in [3.05, 3.63) is 54.1 Å². The number of unbranched alkanes of at least 4 members (excludes halogenated alkanes) is 4.